The van der Waals surface area contributed by atoms with Gasteiger partial charge in [-0.3, -0.25) is 0 Å². The number of nitrogens with one attached hydrogen (secondary N) is 1. The van der Waals surface area contributed by atoms with Crippen LogP contribution >= 0.6 is 22.9 Å². The van der Waals surface area contributed by atoms with Gasteiger partial charge in [0.2, 0.25) is 0 Å². The minimum Gasteiger partial charge on any atom is -0.383 e. The lowest BCUT2D eigenvalue weighted by Crippen LogP contribution is -2.20. The van der Waals surface area contributed by atoms with Crippen molar-refractivity contribution in [2.24, 2.45) is 0 Å². The molecule has 0 radical (unpaired) electrons. The standard InChI is InChI=1S/C17H20ClNOS/c1-13(12-19-9-10-20-2)11-14-7-8-17(21-14)15-5-3-4-6-16(15)18/h3-8,11,19H,9-10,12H2,1-2H3. The lowest BCUT2D eigenvalue weighted by Gasteiger charge is -2.03. The van der Waals surface area contributed by atoms with Crippen molar-refractivity contribution in [1.29, 1.82) is 0 Å². The van der Waals surface area contributed by atoms with E-state index in [-0.39, 0.29) is 0 Å². The zero-order valence-electron chi connectivity index (χ0n) is 12.4. The molecule has 0 fully saturated rings. The average molecular weight is 322 g/mol. The minimum absolute atomic E-state index is 0.739. The minimum atomic E-state index is 0.739. The monoisotopic (exact) mass is 321 g/mol. The maximum absolute atomic E-state index is 6.24. The van der Waals surface area contributed by atoms with Gasteiger partial charge in [0, 0.05) is 40.5 Å². The third-order valence-electron chi connectivity index (χ3n) is 3.04. The zero-order valence-corrected chi connectivity index (χ0v) is 13.9. The number of hydrogen-bond donors (Lipinski definition) is 1. The molecular weight excluding hydrogens is 302 g/mol. The summed E-state index contributed by atoms with van der Waals surface area (Å²) in [4.78, 5) is 2.45. The molecule has 21 heavy (non-hydrogen) atoms. The second-order valence-electron chi connectivity index (χ2n) is 4.84. The van der Waals surface area contributed by atoms with E-state index in [4.69, 9.17) is 16.3 Å². The Kier molecular flexibility index (Phi) is 6.46. The largest absolute Gasteiger partial charge is 0.383 e. The van der Waals surface area contributed by atoms with E-state index in [1.165, 1.54) is 15.3 Å². The number of thiophene rings is 1. The van der Waals surface area contributed by atoms with Gasteiger partial charge in [-0.15, -0.1) is 11.3 Å². The Labute approximate surface area is 135 Å². The van der Waals surface area contributed by atoms with Gasteiger partial charge in [-0.25, -0.2) is 0 Å². The summed E-state index contributed by atoms with van der Waals surface area (Å²) in [7, 11) is 1.71. The fraction of sp³-hybridized carbons (Fsp3) is 0.294. The lowest BCUT2D eigenvalue weighted by molar-refractivity contribution is 0.200. The van der Waals surface area contributed by atoms with E-state index < -0.39 is 0 Å². The van der Waals surface area contributed by atoms with E-state index in [1.54, 1.807) is 18.4 Å². The molecule has 1 aromatic heterocycles. The Morgan fingerprint density at radius 1 is 1.29 bits per heavy atom. The number of ether oxygens (including phenoxy) is 1. The van der Waals surface area contributed by atoms with Gasteiger partial charge < -0.3 is 10.1 Å². The predicted octanol–water partition coefficient (Wildman–Crippen LogP) is 4.71. The highest BCUT2D eigenvalue weighted by molar-refractivity contribution is 7.16. The molecule has 0 amide bonds. The van der Waals surface area contributed by atoms with E-state index >= 15 is 0 Å². The molecule has 0 saturated heterocycles. The lowest BCUT2D eigenvalue weighted by atomic mass is 10.2. The van der Waals surface area contributed by atoms with Crippen LogP contribution in [-0.2, 0) is 4.74 Å². The third-order valence-corrected chi connectivity index (χ3v) is 4.44. The topological polar surface area (TPSA) is 21.3 Å². The Morgan fingerprint density at radius 2 is 2.10 bits per heavy atom. The van der Waals surface area contributed by atoms with Crippen molar-refractivity contribution in [3.8, 4) is 10.4 Å². The average Bonchev–Trinajstić information content (AvgIpc) is 2.92. The molecule has 4 heteroatoms. The van der Waals surface area contributed by atoms with Crippen LogP contribution in [-0.4, -0.2) is 26.8 Å². The fourth-order valence-corrected chi connectivity index (χ4v) is 3.36. The van der Waals surface area contributed by atoms with Crippen LogP contribution in [0.25, 0.3) is 16.5 Å². The summed E-state index contributed by atoms with van der Waals surface area (Å²) in [6.45, 7) is 4.62. The first kappa shape index (κ1) is 16.2. The first-order chi connectivity index (χ1) is 10.2. The molecule has 1 heterocycles. The number of rotatable bonds is 7. The Balaban J connectivity index is 2.01. The summed E-state index contributed by atoms with van der Waals surface area (Å²) in [5.41, 5.74) is 2.40. The normalized spacial score (nSPS) is 11.9. The summed E-state index contributed by atoms with van der Waals surface area (Å²) in [6.07, 6.45) is 2.21. The fourth-order valence-electron chi connectivity index (χ4n) is 1.99. The van der Waals surface area contributed by atoms with E-state index in [2.05, 4.69) is 36.5 Å². The molecular formula is C17H20ClNOS. The van der Waals surface area contributed by atoms with Gasteiger partial charge in [0.05, 0.1) is 6.61 Å². The molecule has 0 saturated carbocycles. The molecule has 1 aromatic carbocycles. The van der Waals surface area contributed by atoms with Crippen molar-refractivity contribution in [2.45, 2.75) is 6.92 Å². The van der Waals surface area contributed by atoms with Crippen LogP contribution in [0.4, 0.5) is 0 Å². The summed E-state index contributed by atoms with van der Waals surface area (Å²) in [6, 6.07) is 12.2. The zero-order chi connectivity index (χ0) is 15.1. The summed E-state index contributed by atoms with van der Waals surface area (Å²) in [5.74, 6) is 0. The summed E-state index contributed by atoms with van der Waals surface area (Å²) < 4.78 is 5.01. The highest BCUT2D eigenvalue weighted by Gasteiger charge is 2.05. The van der Waals surface area contributed by atoms with E-state index in [1.807, 2.05) is 18.2 Å². The molecule has 2 rings (SSSR count). The van der Waals surface area contributed by atoms with Crippen molar-refractivity contribution in [3.05, 3.63) is 51.9 Å². The Hall–Kier alpha value is -1.13. The van der Waals surface area contributed by atoms with Gasteiger partial charge in [-0.2, -0.15) is 0 Å². The van der Waals surface area contributed by atoms with Crippen LogP contribution in [0.15, 0.2) is 42.0 Å². The SMILES string of the molecule is COCCNCC(C)=Cc1ccc(-c2ccccc2Cl)s1. The highest BCUT2D eigenvalue weighted by atomic mass is 35.5. The summed E-state index contributed by atoms with van der Waals surface area (Å²) in [5, 5.41) is 4.14. The van der Waals surface area contributed by atoms with Crippen molar-refractivity contribution in [3.63, 3.8) is 0 Å². The van der Waals surface area contributed by atoms with E-state index in [0.717, 1.165) is 30.3 Å². The summed E-state index contributed by atoms with van der Waals surface area (Å²) >= 11 is 8.00. The third kappa shape index (κ3) is 4.97. The number of benzene rings is 1. The van der Waals surface area contributed by atoms with Gasteiger partial charge in [-0.05, 0) is 31.2 Å². The molecule has 2 aromatic rings. The molecule has 0 unspecified atom stereocenters. The number of halogens is 1. The maximum Gasteiger partial charge on any atom is 0.0587 e. The molecule has 0 atom stereocenters. The molecule has 0 spiro atoms. The number of methoxy groups -OCH3 is 1. The first-order valence-electron chi connectivity index (χ1n) is 6.92. The molecule has 0 aliphatic carbocycles. The van der Waals surface area contributed by atoms with Gasteiger partial charge in [-0.1, -0.05) is 35.4 Å². The number of hydrogen-bond acceptors (Lipinski definition) is 3. The smallest absolute Gasteiger partial charge is 0.0587 e. The quantitative estimate of drug-likeness (QED) is 0.746. The van der Waals surface area contributed by atoms with Gasteiger partial charge in [0.25, 0.3) is 0 Å². The van der Waals surface area contributed by atoms with E-state index in [0.29, 0.717) is 0 Å². The Bertz CT molecular complexity index is 606. The molecule has 112 valence electrons. The first-order valence-corrected chi connectivity index (χ1v) is 8.11. The van der Waals surface area contributed by atoms with Crippen LogP contribution < -0.4 is 5.32 Å². The second kappa shape index (κ2) is 8.35. The molecule has 0 aliphatic heterocycles. The van der Waals surface area contributed by atoms with Crippen LogP contribution in [0.5, 0.6) is 0 Å². The predicted molar refractivity (Wildman–Crippen MR) is 93.2 cm³/mol. The molecule has 2 nitrogen and oxygen atoms in total. The van der Waals surface area contributed by atoms with Gasteiger partial charge in [0.15, 0.2) is 0 Å². The van der Waals surface area contributed by atoms with Crippen molar-refractivity contribution < 1.29 is 4.74 Å². The van der Waals surface area contributed by atoms with Crippen molar-refractivity contribution in [1.82, 2.24) is 5.32 Å². The van der Waals surface area contributed by atoms with Crippen LogP contribution in [0.1, 0.15) is 11.8 Å². The molecule has 0 aliphatic rings. The van der Waals surface area contributed by atoms with Gasteiger partial charge >= 0.3 is 0 Å². The highest BCUT2D eigenvalue weighted by Crippen LogP contribution is 2.33. The molecule has 1 N–H and O–H groups in total. The second-order valence-corrected chi connectivity index (χ2v) is 6.36. The van der Waals surface area contributed by atoms with Crippen LogP contribution in [0, 0.1) is 0 Å². The van der Waals surface area contributed by atoms with Crippen molar-refractivity contribution in [2.75, 3.05) is 26.8 Å². The van der Waals surface area contributed by atoms with Crippen LogP contribution in [0.3, 0.4) is 0 Å². The molecule has 0 bridgehead atoms. The van der Waals surface area contributed by atoms with Crippen LogP contribution in [0.2, 0.25) is 5.02 Å². The Morgan fingerprint density at radius 3 is 2.86 bits per heavy atom. The van der Waals surface area contributed by atoms with Gasteiger partial charge in [0.1, 0.15) is 0 Å². The van der Waals surface area contributed by atoms with Crippen molar-refractivity contribution >= 4 is 29.0 Å². The van der Waals surface area contributed by atoms with E-state index in [9.17, 15) is 0 Å². The maximum atomic E-state index is 6.24.